The van der Waals surface area contributed by atoms with Crippen molar-refractivity contribution in [1.82, 2.24) is 9.55 Å². The van der Waals surface area contributed by atoms with E-state index < -0.39 is 0 Å². The van der Waals surface area contributed by atoms with Crippen LogP contribution in [0.25, 0.3) is 21.3 Å². The van der Waals surface area contributed by atoms with Crippen molar-refractivity contribution in [3.8, 4) is 11.1 Å². The van der Waals surface area contributed by atoms with Crippen molar-refractivity contribution in [3.05, 3.63) is 81.2 Å². The van der Waals surface area contributed by atoms with Gasteiger partial charge in [0.1, 0.15) is 4.83 Å². The highest BCUT2D eigenvalue weighted by molar-refractivity contribution is 7.17. The standard InChI is InChI=1S/C25H23N3O3S/c1-4-22(30)27-19-9-7-17(8-10-19)21(29)12-28-14-26-24-23(25(28)31)20(13-32-24)18-6-5-15(2)16(3)11-18/h5-11,13-14H,4,12H2,1-3H3,(H,27,30). The quantitative estimate of drug-likeness (QED) is 0.425. The topological polar surface area (TPSA) is 81.1 Å². The van der Waals surface area contributed by atoms with Gasteiger partial charge in [-0.1, -0.05) is 25.1 Å². The number of nitrogens with one attached hydrogen (secondary N) is 1. The maximum absolute atomic E-state index is 13.2. The van der Waals surface area contributed by atoms with Crippen LogP contribution in [0.5, 0.6) is 0 Å². The number of anilines is 1. The molecule has 162 valence electrons. The van der Waals surface area contributed by atoms with Gasteiger partial charge in [0.15, 0.2) is 5.78 Å². The molecule has 0 saturated heterocycles. The molecule has 0 saturated carbocycles. The number of thiophene rings is 1. The van der Waals surface area contributed by atoms with E-state index in [0.717, 1.165) is 16.7 Å². The van der Waals surface area contributed by atoms with E-state index in [1.807, 2.05) is 24.4 Å². The summed E-state index contributed by atoms with van der Waals surface area (Å²) in [4.78, 5) is 42.6. The third-order valence-electron chi connectivity index (χ3n) is 5.50. The molecule has 6 nitrogen and oxygen atoms in total. The number of Topliss-reactive ketones (excluding diaryl/α,β-unsaturated/α-hetero) is 1. The van der Waals surface area contributed by atoms with E-state index in [1.165, 1.54) is 27.8 Å². The third-order valence-corrected chi connectivity index (χ3v) is 6.39. The molecule has 32 heavy (non-hydrogen) atoms. The highest BCUT2D eigenvalue weighted by atomic mass is 32.1. The monoisotopic (exact) mass is 445 g/mol. The predicted octanol–water partition coefficient (Wildman–Crippen LogP) is 4.97. The van der Waals surface area contributed by atoms with E-state index >= 15 is 0 Å². The molecule has 2 aromatic heterocycles. The molecule has 4 aromatic rings. The van der Waals surface area contributed by atoms with E-state index in [0.29, 0.717) is 27.9 Å². The van der Waals surface area contributed by atoms with Gasteiger partial charge in [0, 0.05) is 28.6 Å². The fourth-order valence-electron chi connectivity index (χ4n) is 3.44. The van der Waals surface area contributed by atoms with Crippen molar-refractivity contribution in [3.63, 3.8) is 0 Å². The van der Waals surface area contributed by atoms with Crippen LogP contribution in [0.15, 0.2) is 59.0 Å². The Morgan fingerprint density at radius 3 is 2.50 bits per heavy atom. The Hall–Kier alpha value is -3.58. The van der Waals surface area contributed by atoms with Gasteiger partial charge in [0.05, 0.1) is 18.3 Å². The van der Waals surface area contributed by atoms with Gasteiger partial charge in [-0.05, 0) is 54.8 Å². The summed E-state index contributed by atoms with van der Waals surface area (Å²) in [6, 6.07) is 12.8. The molecule has 0 aliphatic heterocycles. The first-order valence-corrected chi connectivity index (χ1v) is 11.2. The van der Waals surface area contributed by atoms with Gasteiger partial charge in [-0.25, -0.2) is 4.98 Å². The molecule has 7 heteroatoms. The summed E-state index contributed by atoms with van der Waals surface area (Å²) in [6.45, 7) is 5.76. The van der Waals surface area contributed by atoms with Crippen LogP contribution in [0.1, 0.15) is 34.8 Å². The highest BCUT2D eigenvalue weighted by Crippen LogP contribution is 2.31. The minimum atomic E-state index is -0.232. The fraction of sp³-hybridized carbons (Fsp3) is 0.200. The summed E-state index contributed by atoms with van der Waals surface area (Å²) < 4.78 is 1.36. The van der Waals surface area contributed by atoms with Crippen molar-refractivity contribution in [1.29, 1.82) is 0 Å². The predicted molar refractivity (Wildman–Crippen MR) is 128 cm³/mol. The van der Waals surface area contributed by atoms with Crippen molar-refractivity contribution in [2.45, 2.75) is 33.7 Å². The lowest BCUT2D eigenvalue weighted by Gasteiger charge is -2.08. The number of hydrogen-bond acceptors (Lipinski definition) is 5. The molecule has 4 rings (SSSR count). The molecule has 2 aromatic carbocycles. The zero-order valence-electron chi connectivity index (χ0n) is 18.1. The number of fused-ring (bicyclic) bond motifs is 1. The second-order valence-corrected chi connectivity index (χ2v) is 8.57. The van der Waals surface area contributed by atoms with Crippen LogP contribution in [-0.4, -0.2) is 21.2 Å². The average molecular weight is 446 g/mol. The summed E-state index contributed by atoms with van der Waals surface area (Å²) in [6.07, 6.45) is 1.81. The molecule has 1 N–H and O–H groups in total. The molecule has 1 amide bonds. The van der Waals surface area contributed by atoms with E-state index in [4.69, 9.17) is 0 Å². The number of carbonyl (C=O) groups is 2. The first-order chi connectivity index (χ1) is 15.4. The van der Waals surface area contributed by atoms with E-state index in [9.17, 15) is 14.4 Å². The number of rotatable bonds is 6. The molecule has 0 bridgehead atoms. The fourth-order valence-corrected chi connectivity index (χ4v) is 4.34. The van der Waals surface area contributed by atoms with Crippen LogP contribution in [0.2, 0.25) is 0 Å². The van der Waals surface area contributed by atoms with Crippen LogP contribution in [-0.2, 0) is 11.3 Å². The molecule has 0 aliphatic rings. The van der Waals surface area contributed by atoms with E-state index in [-0.39, 0.29) is 23.8 Å². The van der Waals surface area contributed by atoms with Crippen molar-refractivity contribution in [2.75, 3.05) is 5.32 Å². The molecular weight excluding hydrogens is 422 g/mol. The lowest BCUT2D eigenvalue weighted by atomic mass is 10.0. The largest absolute Gasteiger partial charge is 0.326 e. The van der Waals surface area contributed by atoms with Crippen LogP contribution in [0.4, 0.5) is 5.69 Å². The Morgan fingerprint density at radius 1 is 1.06 bits per heavy atom. The van der Waals surface area contributed by atoms with Gasteiger partial charge in [-0.2, -0.15) is 0 Å². The van der Waals surface area contributed by atoms with E-state index in [2.05, 4.69) is 23.3 Å². The number of nitrogens with zero attached hydrogens (tertiary/aromatic N) is 2. The summed E-state index contributed by atoms with van der Waals surface area (Å²) in [5, 5.41) is 5.23. The number of hydrogen-bond donors (Lipinski definition) is 1. The van der Waals surface area contributed by atoms with Crippen molar-refractivity contribution < 1.29 is 9.59 Å². The molecule has 0 fully saturated rings. The van der Waals surface area contributed by atoms with Gasteiger partial charge >= 0.3 is 0 Å². The summed E-state index contributed by atoms with van der Waals surface area (Å²) in [7, 11) is 0. The van der Waals surface area contributed by atoms with Gasteiger partial charge < -0.3 is 5.32 Å². The molecule has 0 unspecified atom stereocenters. The highest BCUT2D eigenvalue weighted by Gasteiger charge is 2.16. The molecule has 0 radical (unpaired) electrons. The Labute approximate surface area is 189 Å². The van der Waals surface area contributed by atoms with Gasteiger partial charge in [-0.15, -0.1) is 11.3 Å². The van der Waals surface area contributed by atoms with Gasteiger partial charge in [-0.3, -0.25) is 19.0 Å². The second-order valence-electron chi connectivity index (χ2n) is 7.71. The minimum absolute atomic E-state index is 0.0923. The zero-order valence-corrected chi connectivity index (χ0v) is 19.0. The Bertz CT molecular complexity index is 1380. The molecule has 0 spiro atoms. The summed E-state index contributed by atoms with van der Waals surface area (Å²) in [5.74, 6) is -0.296. The molecule has 0 aliphatic carbocycles. The number of amides is 1. The first kappa shape index (κ1) is 21.6. The lowest BCUT2D eigenvalue weighted by Crippen LogP contribution is -2.24. The number of aromatic nitrogens is 2. The Balaban J connectivity index is 1.63. The second kappa shape index (κ2) is 8.88. The van der Waals surface area contributed by atoms with Crippen LogP contribution < -0.4 is 10.9 Å². The molecule has 2 heterocycles. The number of benzene rings is 2. The summed E-state index contributed by atoms with van der Waals surface area (Å²) >= 11 is 1.42. The van der Waals surface area contributed by atoms with E-state index in [1.54, 1.807) is 31.2 Å². The number of carbonyl (C=O) groups excluding carboxylic acids is 2. The average Bonchev–Trinajstić information content (AvgIpc) is 3.23. The van der Waals surface area contributed by atoms with Crippen LogP contribution in [0, 0.1) is 13.8 Å². The lowest BCUT2D eigenvalue weighted by molar-refractivity contribution is -0.115. The van der Waals surface area contributed by atoms with Crippen LogP contribution >= 0.6 is 11.3 Å². The molecule has 0 atom stereocenters. The minimum Gasteiger partial charge on any atom is -0.326 e. The SMILES string of the molecule is CCC(=O)Nc1ccc(C(=O)Cn2cnc3scc(-c4ccc(C)c(C)c4)c3c2=O)cc1. The Morgan fingerprint density at radius 2 is 1.81 bits per heavy atom. The maximum atomic E-state index is 13.2. The smallest absolute Gasteiger partial charge is 0.263 e. The normalized spacial score (nSPS) is 11.0. The Kier molecular flexibility index (Phi) is 6.01. The number of ketones is 1. The molecular formula is C25H23N3O3S. The van der Waals surface area contributed by atoms with Crippen molar-refractivity contribution >= 4 is 38.9 Å². The maximum Gasteiger partial charge on any atom is 0.263 e. The summed E-state index contributed by atoms with van der Waals surface area (Å²) in [5.41, 5.74) is 5.01. The van der Waals surface area contributed by atoms with Crippen molar-refractivity contribution in [2.24, 2.45) is 0 Å². The number of aryl methyl sites for hydroxylation is 2. The third kappa shape index (κ3) is 4.24. The zero-order chi connectivity index (χ0) is 22.8. The van der Waals surface area contributed by atoms with Crippen LogP contribution in [0.3, 0.4) is 0 Å². The first-order valence-electron chi connectivity index (χ1n) is 10.3. The van der Waals surface area contributed by atoms with Gasteiger partial charge in [0.2, 0.25) is 5.91 Å². The van der Waals surface area contributed by atoms with Gasteiger partial charge in [0.25, 0.3) is 5.56 Å².